The third-order valence-corrected chi connectivity index (χ3v) is 2.94. The molecular weight excluding hydrogens is 226 g/mol. The molecule has 5 nitrogen and oxygen atoms in total. The van der Waals surface area contributed by atoms with Crippen molar-refractivity contribution in [2.24, 2.45) is 0 Å². The zero-order chi connectivity index (χ0) is 13.0. The highest BCUT2D eigenvalue weighted by Gasteiger charge is 2.04. The highest BCUT2D eigenvalue weighted by molar-refractivity contribution is 5.30. The minimum Gasteiger partial charge on any atom is -0.369 e. The summed E-state index contributed by atoms with van der Waals surface area (Å²) in [6.45, 7) is 7.84. The van der Waals surface area contributed by atoms with E-state index in [4.69, 9.17) is 0 Å². The van der Waals surface area contributed by atoms with Gasteiger partial charge in [-0.25, -0.2) is 9.97 Å². The fraction of sp³-hybridized carbons (Fsp3) is 0.462. The quantitative estimate of drug-likeness (QED) is 0.877. The average Bonchev–Trinajstić information content (AvgIpc) is 2.70. The first-order valence-electron chi connectivity index (χ1n) is 6.24. The van der Waals surface area contributed by atoms with Crippen LogP contribution >= 0.6 is 0 Å². The fourth-order valence-electron chi connectivity index (χ4n) is 1.66. The molecule has 18 heavy (non-hydrogen) atoms. The maximum Gasteiger partial charge on any atom is 0.144 e. The van der Waals surface area contributed by atoms with Crippen LogP contribution in [0, 0.1) is 13.8 Å². The Morgan fingerprint density at radius 3 is 2.56 bits per heavy atom. The van der Waals surface area contributed by atoms with Gasteiger partial charge in [0.25, 0.3) is 0 Å². The minimum atomic E-state index is 0.716. The summed E-state index contributed by atoms with van der Waals surface area (Å²) in [6, 6.07) is 0. The molecular formula is C13H19N5. The Morgan fingerprint density at radius 1 is 1.17 bits per heavy atom. The van der Waals surface area contributed by atoms with E-state index >= 15 is 0 Å². The van der Waals surface area contributed by atoms with Gasteiger partial charge in [0.2, 0.25) is 0 Å². The summed E-state index contributed by atoms with van der Waals surface area (Å²) in [4.78, 5) is 13.0. The van der Waals surface area contributed by atoms with E-state index in [1.165, 1.54) is 5.69 Å². The normalized spacial score (nSPS) is 10.6. The average molecular weight is 245 g/mol. The van der Waals surface area contributed by atoms with Crippen LogP contribution in [0.25, 0.3) is 0 Å². The lowest BCUT2D eigenvalue weighted by atomic mass is 10.3. The third kappa shape index (κ3) is 2.85. The monoisotopic (exact) mass is 245 g/mol. The number of hydrogen-bond acceptors (Lipinski definition) is 4. The summed E-state index contributed by atoms with van der Waals surface area (Å²) in [6.07, 6.45) is 6.52. The predicted octanol–water partition coefficient (Wildman–Crippen LogP) is 2.16. The second-order valence-electron chi connectivity index (χ2n) is 4.36. The van der Waals surface area contributed by atoms with Crippen LogP contribution in [0.15, 0.2) is 18.7 Å². The fourth-order valence-corrected chi connectivity index (χ4v) is 1.66. The predicted molar refractivity (Wildman–Crippen MR) is 71.6 cm³/mol. The van der Waals surface area contributed by atoms with E-state index in [0.29, 0.717) is 6.54 Å². The Labute approximate surface area is 107 Å². The van der Waals surface area contributed by atoms with Crippen LogP contribution in [-0.2, 0) is 6.54 Å². The molecule has 1 N–H and O–H groups in total. The van der Waals surface area contributed by atoms with Crippen molar-refractivity contribution >= 4 is 5.82 Å². The van der Waals surface area contributed by atoms with E-state index in [1.807, 2.05) is 19.4 Å². The SMILES string of the molecule is CCCNc1cnc(Cn2cnc(C)c2C)cn1. The van der Waals surface area contributed by atoms with E-state index in [1.54, 1.807) is 6.20 Å². The first-order chi connectivity index (χ1) is 8.70. The maximum absolute atomic E-state index is 4.40. The van der Waals surface area contributed by atoms with Gasteiger partial charge in [-0.1, -0.05) is 6.92 Å². The Hall–Kier alpha value is -1.91. The second-order valence-corrected chi connectivity index (χ2v) is 4.36. The number of nitrogens with one attached hydrogen (secondary N) is 1. The van der Waals surface area contributed by atoms with Crippen molar-refractivity contribution in [2.45, 2.75) is 33.7 Å². The van der Waals surface area contributed by atoms with Gasteiger partial charge in [-0.3, -0.25) is 4.98 Å². The lowest BCUT2D eigenvalue weighted by molar-refractivity contribution is 0.743. The lowest BCUT2D eigenvalue weighted by Crippen LogP contribution is -2.06. The first kappa shape index (κ1) is 12.5. The molecule has 0 radical (unpaired) electrons. The molecule has 96 valence electrons. The van der Waals surface area contributed by atoms with E-state index in [2.05, 4.69) is 38.7 Å². The van der Waals surface area contributed by atoms with Crippen molar-refractivity contribution in [3.63, 3.8) is 0 Å². The lowest BCUT2D eigenvalue weighted by Gasteiger charge is -2.06. The second kappa shape index (κ2) is 5.62. The first-order valence-corrected chi connectivity index (χ1v) is 6.24. The Kier molecular flexibility index (Phi) is 3.92. The molecule has 0 aliphatic rings. The Bertz CT molecular complexity index is 501. The van der Waals surface area contributed by atoms with Crippen LogP contribution in [0.3, 0.4) is 0 Å². The highest BCUT2D eigenvalue weighted by Crippen LogP contribution is 2.08. The van der Waals surface area contributed by atoms with Crippen molar-refractivity contribution < 1.29 is 0 Å². The molecule has 0 aliphatic heterocycles. The molecule has 2 aromatic rings. The van der Waals surface area contributed by atoms with Crippen molar-refractivity contribution in [1.29, 1.82) is 0 Å². The number of nitrogens with zero attached hydrogens (tertiary/aromatic N) is 4. The molecule has 0 atom stereocenters. The summed E-state index contributed by atoms with van der Waals surface area (Å²) >= 11 is 0. The van der Waals surface area contributed by atoms with E-state index in [-0.39, 0.29) is 0 Å². The zero-order valence-corrected chi connectivity index (χ0v) is 11.1. The molecule has 0 amide bonds. The molecule has 0 unspecified atom stereocenters. The summed E-state index contributed by atoms with van der Waals surface area (Å²) in [5, 5.41) is 3.21. The van der Waals surface area contributed by atoms with Crippen molar-refractivity contribution in [3.8, 4) is 0 Å². The molecule has 0 spiro atoms. The number of aryl methyl sites for hydroxylation is 1. The summed E-state index contributed by atoms with van der Waals surface area (Å²) < 4.78 is 2.08. The molecule has 5 heteroatoms. The third-order valence-electron chi connectivity index (χ3n) is 2.94. The van der Waals surface area contributed by atoms with Crippen LogP contribution < -0.4 is 5.32 Å². The van der Waals surface area contributed by atoms with Gasteiger partial charge in [0, 0.05) is 12.2 Å². The van der Waals surface area contributed by atoms with Crippen LogP contribution in [0.4, 0.5) is 5.82 Å². The molecule has 0 saturated heterocycles. The molecule has 0 saturated carbocycles. The number of imidazole rings is 1. The van der Waals surface area contributed by atoms with E-state index in [0.717, 1.165) is 30.2 Å². The van der Waals surface area contributed by atoms with Crippen molar-refractivity contribution in [2.75, 3.05) is 11.9 Å². The largest absolute Gasteiger partial charge is 0.369 e. The summed E-state index contributed by atoms with van der Waals surface area (Å²) in [5.41, 5.74) is 3.17. The van der Waals surface area contributed by atoms with Gasteiger partial charge in [0.05, 0.1) is 36.7 Å². The van der Waals surface area contributed by atoms with E-state index < -0.39 is 0 Å². The molecule has 2 heterocycles. The van der Waals surface area contributed by atoms with Crippen LogP contribution in [-0.4, -0.2) is 26.1 Å². The van der Waals surface area contributed by atoms with E-state index in [9.17, 15) is 0 Å². The Balaban J connectivity index is 2.04. The van der Waals surface area contributed by atoms with Crippen LogP contribution in [0.5, 0.6) is 0 Å². The van der Waals surface area contributed by atoms with Crippen LogP contribution in [0.2, 0.25) is 0 Å². The highest BCUT2D eigenvalue weighted by atomic mass is 15.1. The van der Waals surface area contributed by atoms with Gasteiger partial charge in [0.15, 0.2) is 0 Å². The van der Waals surface area contributed by atoms with Crippen LogP contribution in [0.1, 0.15) is 30.4 Å². The van der Waals surface area contributed by atoms with Gasteiger partial charge in [-0.15, -0.1) is 0 Å². The maximum atomic E-state index is 4.40. The summed E-state index contributed by atoms with van der Waals surface area (Å²) in [7, 11) is 0. The van der Waals surface area contributed by atoms with Crippen molar-refractivity contribution in [1.82, 2.24) is 19.5 Å². The standard InChI is InChI=1S/C13H19N5/c1-4-5-14-13-7-15-12(6-16-13)8-18-9-17-10(2)11(18)3/h6-7,9H,4-5,8H2,1-3H3,(H,14,16). The number of aromatic nitrogens is 4. The summed E-state index contributed by atoms with van der Waals surface area (Å²) in [5.74, 6) is 0.833. The number of rotatable bonds is 5. The van der Waals surface area contributed by atoms with Crippen molar-refractivity contribution in [3.05, 3.63) is 35.8 Å². The topological polar surface area (TPSA) is 55.6 Å². The number of anilines is 1. The van der Waals surface area contributed by atoms with Gasteiger partial charge < -0.3 is 9.88 Å². The molecule has 2 aromatic heterocycles. The number of hydrogen-bond donors (Lipinski definition) is 1. The Morgan fingerprint density at radius 2 is 2.00 bits per heavy atom. The smallest absolute Gasteiger partial charge is 0.144 e. The van der Waals surface area contributed by atoms with Gasteiger partial charge in [-0.2, -0.15) is 0 Å². The molecule has 0 fully saturated rings. The molecule has 0 bridgehead atoms. The molecule has 2 rings (SSSR count). The minimum absolute atomic E-state index is 0.716. The van der Waals surface area contributed by atoms with Gasteiger partial charge in [-0.05, 0) is 20.3 Å². The zero-order valence-electron chi connectivity index (χ0n) is 11.1. The van der Waals surface area contributed by atoms with Gasteiger partial charge >= 0.3 is 0 Å². The molecule has 0 aromatic carbocycles. The van der Waals surface area contributed by atoms with Gasteiger partial charge in [0.1, 0.15) is 5.82 Å². The molecule has 0 aliphatic carbocycles.